The molecule has 0 bridgehead atoms. The molecule has 0 fully saturated rings. The highest BCUT2D eigenvalue weighted by molar-refractivity contribution is 7.85. The summed E-state index contributed by atoms with van der Waals surface area (Å²) in [6.07, 6.45) is 5.26. The van der Waals surface area contributed by atoms with E-state index in [1.165, 1.54) is 0 Å². The molecular formula is C8H22O8S2. The summed E-state index contributed by atoms with van der Waals surface area (Å²) in [6.45, 7) is 0.566. The molecule has 0 rings (SSSR count). The van der Waals surface area contributed by atoms with Gasteiger partial charge in [-0.15, -0.1) is 0 Å². The van der Waals surface area contributed by atoms with Crippen LogP contribution in [0.4, 0.5) is 0 Å². The van der Waals surface area contributed by atoms with Crippen LogP contribution in [0.2, 0.25) is 0 Å². The maximum absolute atomic E-state index is 9.19. The molecule has 0 aromatic heterocycles. The van der Waals surface area contributed by atoms with Crippen LogP contribution < -0.4 is 0 Å². The van der Waals surface area contributed by atoms with Gasteiger partial charge in [-0.1, -0.05) is 12.8 Å². The molecule has 0 saturated carbocycles. The molecule has 10 heteroatoms. The van der Waals surface area contributed by atoms with Crippen molar-refractivity contribution in [3.63, 3.8) is 0 Å². The lowest BCUT2D eigenvalue weighted by Gasteiger charge is -1.93. The first-order valence-electron chi connectivity index (χ1n) is 4.98. The van der Waals surface area contributed by atoms with E-state index in [4.69, 9.17) is 19.3 Å². The molecule has 0 spiro atoms. The number of unbranched alkanes of at least 4 members (excludes halogenated alkanes) is 3. The minimum absolute atomic E-state index is 0.283. The van der Waals surface area contributed by atoms with E-state index < -0.39 is 20.2 Å². The Labute approximate surface area is 108 Å². The van der Waals surface area contributed by atoms with Crippen LogP contribution in [-0.4, -0.2) is 61.9 Å². The molecule has 0 atom stereocenters. The minimum atomic E-state index is -3.67. The van der Waals surface area contributed by atoms with Crippen LogP contribution in [-0.2, 0) is 20.2 Å². The number of aliphatic hydroxyl groups is 2. The Hall–Kier alpha value is -0.260. The Morgan fingerprint density at radius 3 is 0.944 bits per heavy atom. The zero-order valence-corrected chi connectivity index (χ0v) is 12.1. The van der Waals surface area contributed by atoms with E-state index in [9.17, 15) is 16.8 Å². The summed E-state index contributed by atoms with van der Waals surface area (Å²) < 4.78 is 51.7. The van der Waals surface area contributed by atoms with Crippen molar-refractivity contribution in [3.8, 4) is 0 Å². The molecular weight excluding hydrogens is 288 g/mol. The number of rotatable bonds is 5. The van der Waals surface area contributed by atoms with Crippen molar-refractivity contribution < 1.29 is 36.2 Å². The Bertz CT molecular complexity index is 293. The third-order valence-corrected chi connectivity index (χ3v) is 1.07. The Morgan fingerprint density at radius 1 is 0.667 bits per heavy atom. The molecule has 4 N–H and O–H groups in total. The van der Waals surface area contributed by atoms with Gasteiger partial charge in [0.1, 0.15) is 0 Å². The van der Waals surface area contributed by atoms with Gasteiger partial charge >= 0.3 is 0 Å². The van der Waals surface area contributed by atoms with Crippen molar-refractivity contribution in [1.82, 2.24) is 0 Å². The largest absolute Gasteiger partial charge is 0.396 e. The summed E-state index contributed by atoms with van der Waals surface area (Å²) in [5, 5.41) is 16.6. The molecule has 0 unspecified atom stereocenters. The van der Waals surface area contributed by atoms with Gasteiger partial charge in [0, 0.05) is 13.2 Å². The maximum Gasteiger partial charge on any atom is 0.261 e. The van der Waals surface area contributed by atoms with E-state index >= 15 is 0 Å². The third-order valence-electron chi connectivity index (χ3n) is 1.07. The molecule has 0 aliphatic heterocycles. The first kappa shape index (κ1) is 22.9. The molecule has 0 saturated heterocycles. The second-order valence-corrected chi connectivity index (χ2v) is 6.26. The summed E-state index contributed by atoms with van der Waals surface area (Å²) in [7, 11) is -7.33. The maximum atomic E-state index is 9.19. The third kappa shape index (κ3) is 152. The standard InChI is InChI=1S/C6H14O2.2CH4O3S/c7-5-3-1-2-4-6-8;2*1-5(2,3)4/h7-8H,1-6H2;2*1H3,(H,2,3,4). The van der Waals surface area contributed by atoms with Gasteiger partial charge in [-0.2, -0.15) is 16.8 Å². The molecule has 18 heavy (non-hydrogen) atoms. The lowest BCUT2D eigenvalue weighted by Crippen LogP contribution is -1.88. The molecule has 0 amide bonds. The summed E-state index contributed by atoms with van der Waals surface area (Å²) in [5.74, 6) is 0. The van der Waals surface area contributed by atoms with Crippen LogP contribution >= 0.6 is 0 Å². The van der Waals surface area contributed by atoms with Crippen LogP contribution in [0.25, 0.3) is 0 Å². The highest BCUT2D eigenvalue weighted by atomic mass is 32.2. The van der Waals surface area contributed by atoms with Crippen molar-refractivity contribution in [2.24, 2.45) is 0 Å². The normalized spacial score (nSPS) is 10.8. The molecule has 8 nitrogen and oxygen atoms in total. The van der Waals surface area contributed by atoms with Crippen molar-refractivity contribution in [2.75, 3.05) is 25.7 Å². The average Bonchev–Trinajstić information content (AvgIpc) is 2.07. The summed E-state index contributed by atoms with van der Waals surface area (Å²) in [4.78, 5) is 0. The molecule has 0 aromatic rings. The van der Waals surface area contributed by atoms with Gasteiger partial charge in [0.2, 0.25) is 0 Å². The lowest BCUT2D eigenvalue weighted by atomic mass is 10.2. The van der Waals surface area contributed by atoms with Crippen LogP contribution in [0.1, 0.15) is 25.7 Å². The molecule has 0 radical (unpaired) electrons. The first-order valence-corrected chi connectivity index (χ1v) is 8.68. The predicted octanol–water partition coefficient (Wildman–Crippen LogP) is -0.461. The second kappa shape index (κ2) is 13.2. The van der Waals surface area contributed by atoms with Gasteiger partial charge < -0.3 is 10.2 Å². The topological polar surface area (TPSA) is 149 Å². The van der Waals surface area contributed by atoms with E-state index in [1.807, 2.05) is 0 Å². The highest BCUT2D eigenvalue weighted by Gasteiger charge is 1.84. The zero-order valence-electron chi connectivity index (χ0n) is 10.5. The fraction of sp³-hybridized carbons (Fsp3) is 1.00. The molecule has 114 valence electrons. The summed E-state index contributed by atoms with van der Waals surface area (Å²) in [6, 6.07) is 0. The number of aliphatic hydroxyl groups excluding tert-OH is 2. The van der Waals surface area contributed by atoms with E-state index in [1.54, 1.807) is 0 Å². The van der Waals surface area contributed by atoms with E-state index in [0.717, 1.165) is 25.7 Å². The molecule has 0 heterocycles. The predicted molar refractivity (Wildman–Crippen MR) is 67.6 cm³/mol. The van der Waals surface area contributed by atoms with E-state index in [-0.39, 0.29) is 13.2 Å². The van der Waals surface area contributed by atoms with Gasteiger partial charge in [-0.25, -0.2) is 0 Å². The van der Waals surface area contributed by atoms with Crippen molar-refractivity contribution in [2.45, 2.75) is 25.7 Å². The van der Waals surface area contributed by atoms with Gasteiger partial charge in [-0.05, 0) is 12.8 Å². The SMILES string of the molecule is CS(=O)(=O)O.CS(=O)(=O)O.OCCCCCCO. The molecule has 0 aromatic carbocycles. The smallest absolute Gasteiger partial charge is 0.261 e. The molecule has 0 aliphatic rings. The van der Waals surface area contributed by atoms with Crippen molar-refractivity contribution in [3.05, 3.63) is 0 Å². The lowest BCUT2D eigenvalue weighted by molar-refractivity contribution is 0.265. The monoisotopic (exact) mass is 310 g/mol. The highest BCUT2D eigenvalue weighted by Crippen LogP contribution is 1.96. The summed E-state index contributed by atoms with van der Waals surface area (Å²) >= 11 is 0. The Kier molecular flexibility index (Phi) is 16.8. The van der Waals surface area contributed by atoms with Crippen molar-refractivity contribution in [1.29, 1.82) is 0 Å². The van der Waals surface area contributed by atoms with E-state index in [2.05, 4.69) is 0 Å². The van der Waals surface area contributed by atoms with Gasteiger partial charge in [0.05, 0.1) is 12.5 Å². The molecule has 0 aliphatic carbocycles. The number of hydrogen-bond acceptors (Lipinski definition) is 6. The average molecular weight is 310 g/mol. The fourth-order valence-electron chi connectivity index (χ4n) is 0.577. The van der Waals surface area contributed by atoms with Crippen LogP contribution in [0.3, 0.4) is 0 Å². The van der Waals surface area contributed by atoms with Crippen LogP contribution in [0.5, 0.6) is 0 Å². The quantitative estimate of drug-likeness (QED) is 0.393. The minimum Gasteiger partial charge on any atom is -0.396 e. The second-order valence-electron chi connectivity index (χ2n) is 3.33. The van der Waals surface area contributed by atoms with Crippen LogP contribution in [0, 0.1) is 0 Å². The van der Waals surface area contributed by atoms with E-state index in [0.29, 0.717) is 12.5 Å². The zero-order chi connectivity index (χ0) is 15.2. The van der Waals surface area contributed by atoms with Crippen LogP contribution in [0.15, 0.2) is 0 Å². The number of hydrogen-bond donors (Lipinski definition) is 4. The van der Waals surface area contributed by atoms with Crippen molar-refractivity contribution >= 4 is 20.2 Å². The van der Waals surface area contributed by atoms with Gasteiger partial charge in [0.25, 0.3) is 20.2 Å². The summed E-state index contributed by atoms with van der Waals surface area (Å²) in [5.41, 5.74) is 0. The first-order chi connectivity index (χ1) is 7.91. The van der Waals surface area contributed by atoms with Gasteiger partial charge in [0.15, 0.2) is 0 Å². The fourth-order valence-corrected chi connectivity index (χ4v) is 0.577. The Balaban J connectivity index is -0.000000197. The van der Waals surface area contributed by atoms with Gasteiger partial charge in [-0.3, -0.25) is 9.11 Å². The Morgan fingerprint density at radius 2 is 0.833 bits per heavy atom.